The lowest BCUT2D eigenvalue weighted by molar-refractivity contribution is 0.0914. The molecule has 0 saturated carbocycles. The predicted molar refractivity (Wildman–Crippen MR) is 52.7 cm³/mol. The fraction of sp³-hybridized carbons (Fsp3) is 0.364. The number of carbonyl (C=O) groups excluding carboxylic acids is 1. The molecule has 0 aliphatic heterocycles. The molecule has 0 bridgehead atoms. The first-order chi connectivity index (χ1) is 6.20. The number of hydrogen-bond donors (Lipinski definition) is 1. The average Bonchev–Trinajstić information content (AvgIpc) is 2.12. The summed E-state index contributed by atoms with van der Waals surface area (Å²) in [6.07, 6.45) is 1.87. The Bertz CT molecular complexity index is 357. The van der Waals surface area contributed by atoms with Gasteiger partial charge in [-0.3, -0.25) is 4.79 Å². The highest BCUT2D eigenvalue weighted by atomic mass is 16.1. The van der Waals surface area contributed by atoms with Crippen molar-refractivity contribution in [1.82, 2.24) is 0 Å². The Hall–Kier alpha value is -1.31. The van der Waals surface area contributed by atoms with Gasteiger partial charge in [0.25, 0.3) is 0 Å². The van der Waals surface area contributed by atoms with Crippen LogP contribution in [0.4, 0.5) is 5.69 Å². The molecule has 2 heteroatoms. The second kappa shape index (κ2) is 2.87. The van der Waals surface area contributed by atoms with E-state index in [1.54, 1.807) is 0 Å². The lowest BCUT2D eigenvalue weighted by Crippen LogP contribution is -2.20. The Morgan fingerprint density at radius 2 is 2.23 bits per heavy atom. The molecule has 1 atom stereocenters. The van der Waals surface area contributed by atoms with Gasteiger partial charge in [0.15, 0.2) is 5.78 Å². The van der Waals surface area contributed by atoms with Crippen LogP contribution in [0, 0.1) is 5.92 Å². The maximum absolute atomic E-state index is 11.7. The monoisotopic (exact) mass is 175 g/mol. The van der Waals surface area contributed by atoms with E-state index in [-0.39, 0.29) is 11.7 Å². The van der Waals surface area contributed by atoms with Crippen LogP contribution >= 0.6 is 0 Å². The Morgan fingerprint density at radius 1 is 1.46 bits per heavy atom. The summed E-state index contributed by atoms with van der Waals surface area (Å²) in [5, 5.41) is 0. The van der Waals surface area contributed by atoms with Crippen LogP contribution in [-0.4, -0.2) is 5.78 Å². The largest absolute Gasteiger partial charge is 0.398 e. The highest BCUT2D eigenvalue weighted by Crippen LogP contribution is 2.28. The molecule has 0 radical (unpaired) electrons. The fourth-order valence-corrected chi connectivity index (χ4v) is 1.87. The molecule has 0 amide bonds. The first-order valence-electron chi connectivity index (χ1n) is 4.61. The fourth-order valence-electron chi connectivity index (χ4n) is 1.87. The van der Waals surface area contributed by atoms with Crippen molar-refractivity contribution in [3.8, 4) is 0 Å². The third-order valence-corrected chi connectivity index (χ3v) is 2.75. The zero-order valence-electron chi connectivity index (χ0n) is 7.71. The molecule has 13 heavy (non-hydrogen) atoms. The topological polar surface area (TPSA) is 43.1 Å². The lowest BCUT2D eigenvalue weighted by atomic mass is 9.83. The van der Waals surface area contributed by atoms with Crippen molar-refractivity contribution in [2.75, 3.05) is 5.73 Å². The maximum Gasteiger partial charge on any atom is 0.166 e. The molecule has 0 fully saturated rings. The lowest BCUT2D eigenvalue weighted by Gasteiger charge is -2.21. The Labute approximate surface area is 77.8 Å². The molecule has 0 heterocycles. The van der Waals surface area contributed by atoms with Crippen LogP contribution in [0.2, 0.25) is 0 Å². The molecule has 1 unspecified atom stereocenters. The van der Waals surface area contributed by atoms with E-state index < -0.39 is 0 Å². The van der Waals surface area contributed by atoms with E-state index in [0.717, 1.165) is 29.7 Å². The van der Waals surface area contributed by atoms with Crippen LogP contribution in [-0.2, 0) is 6.42 Å². The number of anilines is 1. The van der Waals surface area contributed by atoms with E-state index in [9.17, 15) is 4.79 Å². The van der Waals surface area contributed by atoms with E-state index in [0.29, 0.717) is 0 Å². The van der Waals surface area contributed by atoms with Crippen molar-refractivity contribution in [3.05, 3.63) is 29.3 Å². The van der Waals surface area contributed by atoms with Crippen LogP contribution in [0.3, 0.4) is 0 Å². The molecule has 0 spiro atoms. The summed E-state index contributed by atoms with van der Waals surface area (Å²) in [4.78, 5) is 11.7. The van der Waals surface area contributed by atoms with Crippen molar-refractivity contribution < 1.29 is 4.79 Å². The van der Waals surface area contributed by atoms with Crippen LogP contribution in [0.15, 0.2) is 18.2 Å². The van der Waals surface area contributed by atoms with Crippen molar-refractivity contribution in [2.45, 2.75) is 19.8 Å². The van der Waals surface area contributed by atoms with Gasteiger partial charge in [0.2, 0.25) is 0 Å². The van der Waals surface area contributed by atoms with Crippen LogP contribution in [0.1, 0.15) is 29.3 Å². The van der Waals surface area contributed by atoms with Gasteiger partial charge in [0, 0.05) is 17.2 Å². The third-order valence-electron chi connectivity index (χ3n) is 2.75. The van der Waals surface area contributed by atoms with E-state index in [1.165, 1.54) is 0 Å². The SMILES string of the molecule is CC1CCc2c(N)cccc2C1=O. The zero-order valence-corrected chi connectivity index (χ0v) is 7.71. The highest BCUT2D eigenvalue weighted by molar-refractivity contribution is 6.01. The Morgan fingerprint density at radius 3 is 3.00 bits per heavy atom. The van der Waals surface area contributed by atoms with Gasteiger partial charge in [-0.15, -0.1) is 0 Å². The molecular formula is C11H13NO. The predicted octanol–water partition coefficient (Wildman–Crippen LogP) is 2.03. The van der Waals surface area contributed by atoms with Crippen molar-refractivity contribution >= 4 is 11.5 Å². The van der Waals surface area contributed by atoms with Gasteiger partial charge < -0.3 is 5.73 Å². The van der Waals surface area contributed by atoms with Crippen molar-refractivity contribution in [1.29, 1.82) is 0 Å². The molecule has 2 nitrogen and oxygen atoms in total. The highest BCUT2D eigenvalue weighted by Gasteiger charge is 2.24. The standard InChI is InChI=1S/C11H13NO/c1-7-5-6-8-9(11(7)13)3-2-4-10(8)12/h2-4,7H,5-6,12H2,1H3. The number of Topliss-reactive ketones (excluding diaryl/α,β-unsaturated/α-hetero) is 1. The molecular weight excluding hydrogens is 162 g/mol. The summed E-state index contributed by atoms with van der Waals surface area (Å²) in [5.74, 6) is 0.405. The quantitative estimate of drug-likeness (QED) is 0.613. The number of nitrogens with two attached hydrogens (primary N) is 1. The number of hydrogen-bond acceptors (Lipinski definition) is 2. The molecule has 68 valence electrons. The number of benzene rings is 1. The summed E-state index contributed by atoms with van der Waals surface area (Å²) in [7, 11) is 0. The van der Waals surface area contributed by atoms with Crippen LogP contribution in [0.25, 0.3) is 0 Å². The molecule has 1 aromatic rings. The van der Waals surface area contributed by atoms with E-state index in [4.69, 9.17) is 5.73 Å². The smallest absolute Gasteiger partial charge is 0.166 e. The van der Waals surface area contributed by atoms with Gasteiger partial charge in [-0.05, 0) is 24.5 Å². The van der Waals surface area contributed by atoms with Gasteiger partial charge in [-0.25, -0.2) is 0 Å². The first kappa shape index (κ1) is 8.30. The minimum Gasteiger partial charge on any atom is -0.398 e. The van der Waals surface area contributed by atoms with Gasteiger partial charge in [0.1, 0.15) is 0 Å². The number of carbonyl (C=O) groups is 1. The van der Waals surface area contributed by atoms with E-state index >= 15 is 0 Å². The normalized spacial score (nSPS) is 21.3. The second-order valence-electron chi connectivity index (χ2n) is 3.68. The molecule has 2 rings (SSSR count). The summed E-state index contributed by atoms with van der Waals surface area (Å²) >= 11 is 0. The summed E-state index contributed by atoms with van der Waals surface area (Å²) in [5.41, 5.74) is 8.44. The van der Waals surface area contributed by atoms with E-state index in [2.05, 4.69) is 0 Å². The number of rotatable bonds is 0. The Kier molecular flexibility index (Phi) is 1.83. The zero-order chi connectivity index (χ0) is 9.42. The van der Waals surface area contributed by atoms with Gasteiger partial charge in [-0.1, -0.05) is 19.1 Å². The molecule has 1 aromatic carbocycles. The molecule has 0 saturated heterocycles. The van der Waals surface area contributed by atoms with Gasteiger partial charge in [-0.2, -0.15) is 0 Å². The van der Waals surface area contributed by atoms with Gasteiger partial charge >= 0.3 is 0 Å². The number of fused-ring (bicyclic) bond motifs is 1. The number of nitrogen functional groups attached to an aromatic ring is 1. The summed E-state index contributed by atoms with van der Waals surface area (Å²) in [6.45, 7) is 1.98. The van der Waals surface area contributed by atoms with E-state index in [1.807, 2.05) is 25.1 Å². The molecule has 0 aromatic heterocycles. The molecule has 1 aliphatic carbocycles. The number of ketones is 1. The average molecular weight is 175 g/mol. The molecule has 1 aliphatic rings. The second-order valence-corrected chi connectivity index (χ2v) is 3.68. The summed E-state index contributed by atoms with van der Waals surface area (Å²) in [6, 6.07) is 5.59. The van der Waals surface area contributed by atoms with Crippen LogP contribution < -0.4 is 5.73 Å². The Balaban J connectivity index is 2.55. The van der Waals surface area contributed by atoms with Crippen LogP contribution in [0.5, 0.6) is 0 Å². The minimum atomic E-state index is 0.161. The summed E-state index contributed by atoms with van der Waals surface area (Å²) < 4.78 is 0. The molecule has 2 N–H and O–H groups in total. The minimum absolute atomic E-state index is 0.161. The van der Waals surface area contributed by atoms with Crippen molar-refractivity contribution in [3.63, 3.8) is 0 Å². The third kappa shape index (κ3) is 1.22. The van der Waals surface area contributed by atoms with Gasteiger partial charge in [0.05, 0.1) is 0 Å². The first-order valence-corrected chi connectivity index (χ1v) is 4.61. The van der Waals surface area contributed by atoms with Crippen molar-refractivity contribution in [2.24, 2.45) is 5.92 Å². The maximum atomic E-state index is 11.7.